The van der Waals surface area contributed by atoms with Gasteiger partial charge in [0, 0.05) is 0 Å². The van der Waals surface area contributed by atoms with E-state index in [9.17, 15) is 0 Å². The molecule has 1 aromatic heterocycles. The topological polar surface area (TPSA) is 13.1 Å². The van der Waals surface area contributed by atoms with Gasteiger partial charge in [-0.25, -0.2) is 0 Å². The number of hydrogen-bond donors (Lipinski definition) is 0. The molecule has 0 amide bonds. The summed E-state index contributed by atoms with van der Waals surface area (Å²) in [5.74, 6) is 0. The van der Waals surface area contributed by atoms with E-state index in [1.165, 1.54) is 8.70 Å². The van der Waals surface area contributed by atoms with Crippen LogP contribution in [0.5, 0.6) is 0 Å². The Kier molecular flexibility index (Phi) is 3.34. The maximum absolute atomic E-state index is 5.67. The summed E-state index contributed by atoms with van der Waals surface area (Å²) in [5.41, 5.74) is 0. The normalized spacial score (nSPS) is 10.7. The maximum atomic E-state index is 5.67. The summed E-state index contributed by atoms with van der Waals surface area (Å²) in [7, 11) is 0. The van der Waals surface area contributed by atoms with Gasteiger partial charge in [0.05, 0.1) is 0 Å². The van der Waals surface area contributed by atoms with Gasteiger partial charge in [0.2, 0.25) is 0 Å². The van der Waals surface area contributed by atoms with Crippen LogP contribution >= 0.6 is 0 Å². The fourth-order valence-electron chi connectivity index (χ4n) is 1.95. The summed E-state index contributed by atoms with van der Waals surface area (Å²) in [4.78, 5) is 0. The van der Waals surface area contributed by atoms with Crippen LogP contribution in [-0.4, -0.2) is 14.7 Å². The molecule has 2 aromatic carbocycles. The molecule has 0 aliphatic carbocycles. The SMILES string of the molecule is c1ccc([As](c2ccccc2)c2ccco2)cc1. The number of benzene rings is 2. The Bertz CT molecular complexity index is 548. The van der Waals surface area contributed by atoms with E-state index in [4.69, 9.17) is 4.42 Å². The van der Waals surface area contributed by atoms with Crippen molar-refractivity contribution >= 4 is 27.9 Å². The average Bonchev–Trinajstić information content (AvgIpc) is 2.95. The Hall–Kier alpha value is -1.72. The minimum atomic E-state index is -1.51. The Morgan fingerprint density at radius 1 is 0.611 bits per heavy atom. The summed E-state index contributed by atoms with van der Waals surface area (Å²) in [6, 6.07) is 25.4. The molecule has 0 saturated heterocycles. The molecule has 3 rings (SSSR count). The molecule has 0 aliphatic heterocycles. The first-order valence-corrected chi connectivity index (χ1v) is 8.70. The van der Waals surface area contributed by atoms with E-state index >= 15 is 0 Å². The summed E-state index contributed by atoms with van der Waals surface area (Å²) in [6.45, 7) is 0. The molecule has 3 aromatic rings. The van der Waals surface area contributed by atoms with Crippen LogP contribution < -0.4 is 13.3 Å². The van der Waals surface area contributed by atoms with Gasteiger partial charge in [0.25, 0.3) is 0 Å². The van der Waals surface area contributed by atoms with Crippen LogP contribution in [-0.2, 0) is 0 Å². The van der Waals surface area contributed by atoms with E-state index in [2.05, 4.69) is 66.7 Å². The molecule has 0 radical (unpaired) electrons. The van der Waals surface area contributed by atoms with Gasteiger partial charge in [-0.15, -0.1) is 0 Å². The summed E-state index contributed by atoms with van der Waals surface area (Å²) in [6.07, 6.45) is 1.77. The predicted octanol–water partition coefficient (Wildman–Crippen LogP) is 1.80. The van der Waals surface area contributed by atoms with Crippen molar-refractivity contribution in [2.45, 2.75) is 0 Å². The quantitative estimate of drug-likeness (QED) is 0.672. The van der Waals surface area contributed by atoms with Crippen molar-refractivity contribution < 1.29 is 4.42 Å². The molecule has 2 heteroatoms. The van der Waals surface area contributed by atoms with Gasteiger partial charge in [-0.05, 0) is 0 Å². The Morgan fingerprint density at radius 2 is 1.17 bits per heavy atom. The molecule has 0 atom stereocenters. The molecule has 1 heterocycles. The van der Waals surface area contributed by atoms with Crippen LogP contribution in [0.4, 0.5) is 0 Å². The first-order valence-electron chi connectivity index (χ1n) is 5.89. The molecule has 88 valence electrons. The van der Waals surface area contributed by atoms with E-state index in [1.807, 2.05) is 6.07 Å². The van der Waals surface area contributed by atoms with Gasteiger partial charge in [-0.2, -0.15) is 0 Å². The zero-order chi connectivity index (χ0) is 12.2. The van der Waals surface area contributed by atoms with Gasteiger partial charge < -0.3 is 0 Å². The van der Waals surface area contributed by atoms with Crippen LogP contribution in [0.2, 0.25) is 0 Å². The van der Waals surface area contributed by atoms with Crippen LogP contribution in [0.25, 0.3) is 0 Å². The van der Waals surface area contributed by atoms with E-state index < -0.39 is 14.7 Å². The summed E-state index contributed by atoms with van der Waals surface area (Å²) >= 11 is -1.51. The third-order valence-corrected chi connectivity index (χ3v) is 7.63. The Morgan fingerprint density at radius 3 is 1.61 bits per heavy atom. The van der Waals surface area contributed by atoms with Crippen molar-refractivity contribution in [2.24, 2.45) is 0 Å². The van der Waals surface area contributed by atoms with Crippen molar-refractivity contribution in [1.82, 2.24) is 0 Å². The summed E-state index contributed by atoms with van der Waals surface area (Å²) in [5, 5.41) is 0. The van der Waals surface area contributed by atoms with Crippen LogP contribution in [0.3, 0.4) is 0 Å². The van der Waals surface area contributed by atoms with Crippen molar-refractivity contribution in [3.05, 3.63) is 79.1 Å². The second-order valence-corrected chi connectivity index (χ2v) is 8.46. The van der Waals surface area contributed by atoms with E-state index in [0.29, 0.717) is 0 Å². The molecular formula is C16H13AsO. The first kappa shape index (κ1) is 11.4. The molecule has 18 heavy (non-hydrogen) atoms. The molecule has 0 spiro atoms. The second kappa shape index (κ2) is 5.28. The number of furan rings is 1. The fourth-order valence-corrected chi connectivity index (χ4v) is 6.46. The van der Waals surface area contributed by atoms with Gasteiger partial charge in [-0.1, -0.05) is 0 Å². The molecule has 0 N–H and O–H groups in total. The Labute approximate surface area is 111 Å². The average molecular weight is 296 g/mol. The molecule has 0 unspecified atom stereocenters. The molecular weight excluding hydrogens is 283 g/mol. The second-order valence-electron chi connectivity index (χ2n) is 3.96. The van der Waals surface area contributed by atoms with Gasteiger partial charge in [0.1, 0.15) is 0 Å². The monoisotopic (exact) mass is 296 g/mol. The van der Waals surface area contributed by atoms with Crippen LogP contribution in [0.1, 0.15) is 0 Å². The van der Waals surface area contributed by atoms with Gasteiger partial charge in [0.15, 0.2) is 0 Å². The van der Waals surface area contributed by atoms with E-state index in [1.54, 1.807) is 6.26 Å². The molecule has 0 fully saturated rings. The molecule has 0 saturated carbocycles. The predicted molar refractivity (Wildman–Crippen MR) is 76.2 cm³/mol. The molecule has 1 nitrogen and oxygen atoms in total. The van der Waals surface area contributed by atoms with E-state index in [0.717, 1.165) is 4.55 Å². The van der Waals surface area contributed by atoms with Crippen molar-refractivity contribution in [3.63, 3.8) is 0 Å². The van der Waals surface area contributed by atoms with Crippen LogP contribution in [0.15, 0.2) is 83.5 Å². The Balaban J connectivity index is 2.11. The van der Waals surface area contributed by atoms with Gasteiger partial charge in [-0.3, -0.25) is 0 Å². The first-order chi connectivity index (χ1) is 8.95. The third-order valence-electron chi connectivity index (χ3n) is 2.76. The minimum absolute atomic E-state index is 1.12. The van der Waals surface area contributed by atoms with Crippen molar-refractivity contribution in [2.75, 3.05) is 0 Å². The zero-order valence-corrected chi connectivity index (χ0v) is 11.7. The molecule has 0 aliphatic rings. The standard InChI is InChI=1S/C16H13AsO/c1-3-8-14(9-4-1)17(16-12-7-13-18-16)15-10-5-2-6-11-15/h1-13H. The zero-order valence-electron chi connectivity index (χ0n) is 9.86. The van der Waals surface area contributed by atoms with Crippen LogP contribution in [0, 0.1) is 0 Å². The third kappa shape index (κ3) is 2.27. The molecule has 0 bridgehead atoms. The van der Waals surface area contributed by atoms with Gasteiger partial charge >= 0.3 is 111 Å². The number of hydrogen-bond acceptors (Lipinski definition) is 1. The number of rotatable bonds is 3. The fraction of sp³-hybridized carbons (Fsp3) is 0. The summed E-state index contributed by atoms with van der Waals surface area (Å²) < 4.78 is 9.58. The van der Waals surface area contributed by atoms with Crippen molar-refractivity contribution in [3.8, 4) is 0 Å². The van der Waals surface area contributed by atoms with Crippen molar-refractivity contribution in [1.29, 1.82) is 0 Å². The van der Waals surface area contributed by atoms with E-state index in [-0.39, 0.29) is 0 Å².